The topological polar surface area (TPSA) is 205 Å². The van der Waals surface area contributed by atoms with Crippen LogP contribution in [0.15, 0.2) is 125 Å². The lowest BCUT2D eigenvalue weighted by Gasteiger charge is -2.46. The van der Waals surface area contributed by atoms with Crippen LogP contribution in [0.1, 0.15) is 92.2 Å². The molecule has 3 N–H and O–H groups in total. The Morgan fingerprint density at radius 2 is 1.24 bits per heavy atom. The van der Waals surface area contributed by atoms with Crippen molar-refractivity contribution in [2.24, 2.45) is 0 Å². The molecule has 20 heteroatoms. The van der Waals surface area contributed by atoms with E-state index in [9.17, 15) is 24.3 Å². The van der Waals surface area contributed by atoms with E-state index in [-0.39, 0.29) is 24.5 Å². The van der Waals surface area contributed by atoms with Crippen molar-refractivity contribution >= 4 is 88.0 Å². The fourth-order valence-corrected chi connectivity index (χ4v) is 15.9. The van der Waals surface area contributed by atoms with Crippen LogP contribution in [0.4, 0.5) is 4.79 Å². The molecule has 0 spiro atoms. The second-order valence-corrected chi connectivity index (χ2v) is 26.0. The number of ether oxygens (including phenoxy) is 2. The first-order valence-corrected chi connectivity index (χ1v) is 28.2. The third-order valence-electron chi connectivity index (χ3n) is 11.1. The number of pyridine rings is 1. The average Bonchev–Trinajstić information content (AvgIpc) is 4.21. The maximum Gasteiger partial charge on any atom is 0.408 e. The highest BCUT2D eigenvalue weighted by Gasteiger charge is 2.53. The Morgan fingerprint density at radius 3 is 1.85 bits per heavy atom. The molecule has 0 saturated heterocycles. The van der Waals surface area contributed by atoms with Crippen molar-refractivity contribution in [3.8, 4) is 43.4 Å². The number of carbonyl (C=O) groups excluding carboxylic acids is 3. The standard InChI is InChI=1S/C52H51N7O8S4Si/c1-8-65-49(63)39-30-68-44(58-39)34-24-25-35(45-57-38(29-70-45)48(61)62)54-41(34)36-27-69-46(55-36)37-28-71-47(56-37)42(59-40(60)26-53-50(64)66-51(2,3)4)43(31-18-12-9-13-19-31)67-72(52(5,6)7,32-20-14-10-15-21-32)33-22-16-11-17-23-33/h9-25,27-30,42-43H,8,26H2,1-7H3,(H,53,64)(H,59,60)(H,61,62)/t42-,43+/m1/s1. The van der Waals surface area contributed by atoms with Crippen LogP contribution in [0.5, 0.6) is 0 Å². The van der Waals surface area contributed by atoms with Gasteiger partial charge < -0.3 is 29.6 Å². The number of benzene rings is 3. The summed E-state index contributed by atoms with van der Waals surface area (Å²) in [7, 11) is -3.32. The molecule has 0 fully saturated rings. The van der Waals surface area contributed by atoms with E-state index in [2.05, 4.69) is 65.6 Å². The molecule has 0 aliphatic carbocycles. The van der Waals surface area contributed by atoms with Crippen molar-refractivity contribution in [2.75, 3.05) is 13.2 Å². The lowest BCUT2D eigenvalue weighted by molar-refractivity contribution is -0.121. The summed E-state index contributed by atoms with van der Waals surface area (Å²) >= 11 is 5.07. The van der Waals surface area contributed by atoms with Gasteiger partial charge in [0.15, 0.2) is 11.4 Å². The van der Waals surface area contributed by atoms with Crippen LogP contribution < -0.4 is 21.0 Å². The molecule has 0 unspecified atom stereocenters. The van der Waals surface area contributed by atoms with Gasteiger partial charge in [0.1, 0.15) is 55.3 Å². The summed E-state index contributed by atoms with van der Waals surface area (Å²) in [4.78, 5) is 75.6. The van der Waals surface area contributed by atoms with Gasteiger partial charge in [-0.05, 0) is 60.8 Å². The maximum atomic E-state index is 14.2. The number of nitrogens with one attached hydrogen (secondary N) is 2. The molecule has 370 valence electrons. The summed E-state index contributed by atoms with van der Waals surface area (Å²) in [5.74, 6) is -2.20. The van der Waals surface area contributed by atoms with Gasteiger partial charge in [0, 0.05) is 27.1 Å². The molecule has 0 radical (unpaired) electrons. The number of esters is 1. The number of carboxylic acids is 1. The number of hydrogen-bond acceptors (Lipinski definition) is 16. The summed E-state index contributed by atoms with van der Waals surface area (Å²) in [6.07, 6.45) is -1.55. The second kappa shape index (κ2) is 21.9. The van der Waals surface area contributed by atoms with Crippen LogP contribution in [0.25, 0.3) is 43.4 Å². The molecule has 0 aliphatic heterocycles. The highest BCUT2D eigenvalue weighted by atomic mass is 32.1. The van der Waals surface area contributed by atoms with Crippen molar-refractivity contribution in [1.82, 2.24) is 35.6 Å². The smallest absolute Gasteiger partial charge is 0.408 e. The Bertz CT molecular complexity index is 3150. The van der Waals surface area contributed by atoms with E-state index in [1.165, 1.54) is 39.4 Å². The number of amides is 2. The Hall–Kier alpha value is -6.81. The van der Waals surface area contributed by atoms with Gasteiger partial charge in [0.05, 0.1) is 18.4 Å². The molecule has 0 saturated carbocycles. The highest BCUT2D eigenvalue weighted by molar-refractivity contribution is 7.15. The quantitative estimate of drug-likeness (QED) is 0.0574. The monoisotopic (exact) mass is 1060 g/mol. The van der Waals surface area contributed by atoms with Gasteiger partial charge in [-0.25, -0.2) is 39.3 Å². The number of aromatic carboxylic acids is 1. The molecule has 5 heterocycles. The minimum atomic E-state index is -3.32. The van der Waals surface area contributed by atoms with E-state index in [4.69, 9.17) is 28.9 Å². The number of carbonyl (C=O) groups is 4. The third kappa shape index (κ3) is 11.6. The van der Waals surface area contributed by atoms with Crippen LogP contribution in [-0.2, 0) is 18.7 Å². The molecule has 3 aromatic carbocycles. The fourth-order valence-electron chi connectivity index (χ4n) is 7.97. The highest BCUT2D eigenvalue weighted by Crippen LogP contribution is 2.45. The Kier molecular flexibility index (Phi) is 15.7. The molecule has 8 rings (SSSR count). The summed E-state index contributed by atoms with van der Waals surface area (Å²) in [6, 6.07) is 32.9. The summed E-state index contributed by atoms with van der Waals surface area (Å²) in [6.45, 7) is 13.3. The predicted molar refractivity (Wildman–Crippen MR) is 285 cm³/mol. The Balaban J connectivity index is 1.23. The number of rotatable bonds is 17. The van der Waals surface area contributed by atoms with E-state index in [1.54, 1.807) is 45.2 Å². The Labute approximate surface area is 433 Å². The molecular weight excluding hydrogens is 1010 g/mol. The van der Waals surface area contributed by atoms with Crippen molar-refractivity contribution in [3.05, 3.63) is 147 Å². The van der Waals surface area contributed by atoms with Gasteiger partial charge >= 0.3 is 18.0 Å². The number of aromatic nitrogens is 5. The minimum Gasteiger partial charge on any atom is -0.476 e. The maximum absolute atomic E-state index is 14.2. The largest absolute Gasteiger partial charge is 0.476 e. The number of thiazole rings is 4. The number of hydrogen-bond donors (Lipinski definition) is 3. The lowest BCUT2D eigenvalue weighted by atomic mass is 10.0. The van der Waals surface area contributed by atoms with Gasteiger partial charge in [-0.2, -0.15) is 0 Å². The first-order valence-electron chi connectivity index (χ1n) is 22.8. The molecular formula is C52H51N7O8S4Si. The normalized spacial score (nSPS) is 12.7. The van der Waals surface area contributed by atoms with Crippen LogP contribution in [-0.4, -0.2) is 81.0 Å². The zero-order valence-electron chi connectivity index (χ0n) is 40.4. The molecule has 2 amide bonds. The molecule has 2 atom stereocenters. The number of carboxylic acid groups (broad SMARTS) is 1. The van der Waals surface area contributed by atoms with E-state index in [1.807, 2.05) is 77.5 Å². The SMILES string of the molecule is CCOC(=O)c1csc(-c2ccc(-c3nc(C(=O)O)cs3)nc2-c2csc(-c3csc([C@H](NC(=O)CNC(=O)OC(C)(C)C)[C@@H](O[Si](c4ccccc4)(c4ccccc4)C(C)(C)C)c4ccccc4)n3)n2)n1. The van der Waals surface area contributed by atoms with Crippen LogP contribution in [0.3, 0.4) is 0 Å². The van der Waals surface area contributed by atoms with Crippen LogP contribution in [0.2, 0.25) is 5.04 Å². The van der Waals surface area contributed by atoms with E-state index in [0.717, 1.165) is 27.3 Å². The van der Waals surface area contributed by atoms with E-state index >= 15 is 0 Å². The molecule has 5 aromatic heterocycles. The molecule has 8 aromatic rings. The predicted octanol–water partition coefficient (Wildman–Crippen LogP) is 10.5. The lowest BCUT2D eigenvalue weighted by Crippen LogP contribution is -2.67. The second-order valence-electron chi connectivity index (χ2n) is 18.3. The van der Waals surface area contributed by atoms with Crippen LogP contribution >= 0.6 is 45.3 Å². The molecule has 0 aliphatic rings. The van der Waals surface area contributed by atoms with Crippen molar-refractivity contribution in [3.63, 3.8) is 0 Å². The number of nitrogens with zero attached hydrogens (tertiary/aromatic N) is 5. The van der Waals surface area contributed by atoms with Crippen molar-refractivity contribution < 1.29 is 38.2 Å². The zero-order chi connectivity index (χ0) is 51.2. The summed E-state index contributed by atoms with van der Waals surface area (Å²) in [5.41, 5.74) is 2.50. The fraction of sp³-hybridized carbons (Fsp3) is 0.250. The zero-order valence-corrected chi connectivity index (χ0v) is 44.6. The Morgan fingerprint density at radius 1 is 0.653 bits per heavy atom. The molecule has 0 bridgehead atoms. The molecule has 15 nitrogen and oxygen atoms in total. The van der Waals surface area contributed by atoms with E-state index in [0.29, 0.717) is 48.4 Å². The van der Waals surface area contributed by atoms with Crippen molar-refractivity contribution in [2.45, 2.75) is 71.3 Å². The van der Waals surface area contributed by atoms with E-state index < -0.39 is 55.0 Å². The number of alkyl carbamates (subject to hydrolysis) is 1. The minimum absolute atomic E-state index is 0.100. The van der Waals surface area contributed by atoms with Gasteiger partial charge in [-0.3, -0.25) is 4.79 Å². The van der Waals surface area contributed by atoms with Crippen molar-refractivity contribution in [1.29, 1.82) is 0 Å². The van der Waals surface area contributed by atoms with Gasteiger partial charge in [0.2, 0.25) is 5.91 Å². The average molecular weight is 1060 g/mol. The van der Waals surface area contributed by atoms with Crippen LogP contribution in [0, 0.1) is 0 Å². The summed E-state index contributed by atoms with van der Waals surface area (Å²) in [5, 5.41) is 25.8. The van der Waals surface area contributed by atoms with Gasteiger partial charge in [0.25, 0.3) is 8.32 Å². The first kappa shape index (κ1) is 51.5. The van der Waals surface area contributed by atoms with Gasteiger partial charge in [-0.15, -0.1) is 45.3 Å². The summed E-state index contributed by atoms with van der Waals surface area (Å²) < 4.78 is 18.5. The first-order chi connectivity index (χ1) is 34.4. The molecule has 72 heavy (non-hydrogen) atoms. The van der Waals surface area contributed by atoms with Gasteiger partial charge in [-0.1, -0.05) is 112 Å². The third-order valence-corrected chi connectivity index (χ3v) is 19.6.